The van der Waals surface area contributed by atoms with Gasteiger partial charge in [-0.15, -0.1) is 20.4 Å². The number of hydrogen-bond acceptors (Lipinski definition) is 12. The normalized spacial score (nSPS) is 15.3. The zero-order valence-electron chi connectivity index (χ0n) is 38.1. The SMILES string of the molecule is CC1(C)Cn2cnnc2-c2[nH]c3ccc(C(=O)O)cc3c21.COC(=O)c1ccc2[nH]c3c(c2c1)C(C)(C)CNC3=S.COC(=O)c1ccc2[nH]c3c(c2c1)C(C)(C)Cn1cnnc1-3.NNC=O. The van der Waals surface area contributed by atoms with Crippen LogP contribution < -0.4 is 16.6 Å². The standard InChI is InChI=1S/C16H16N4O2.C15H14N4O2.C15H16N2O2S.CH4N2O/c1-16(2)7-20-8-17-19-14(20)13-12(16)10-6-9(15(21)22-3)4-5-11(10)18-13;1-15(2)6-19-7-16-18-13(19)12-11(15)9-5-8(14(20)21)3-4-10(9)17-12;1-15(2)7-16-13(20)12-11(15)9-6-8(14(18)19-3)4-5-10(9)17-12;2-3-1-4/h4-6,8,18H,7H2,1-3H3;3-5,7,17H,6H2,1-2H3,(H,20,21);4-6,17H,7H2,1-3H3,(H,16,20);1H,2H2,(H,3,4). The third-order valence-corrected chi connectivity index (χ3v) is 12.7. The molecule has 0 radical (unpaired) electrons. The number of methoxy groups -OCH3 is 2. The number of hydrazine groups is 1. The smallest absolute Gasteiger partial charge is 0.337 e. The number of hydrogen-bond donors (Lipinski definition) is 7. The molecule has 8 aromatic rings. The van der Waals surface area contributed by atoms with Crippen LogP contribution in [0.5, 0.6) is 0 Å². The summed E-state index contributed by atoms with van der Waals surface area (Å²) in [6.07, 6.45) is 3.89. The maximum Gasteiger partial charge on any atom is 0.337 e. The van der Waals surface area contributed by atoms with Crippen molar-refractivity contribution in [3.63, 3.8) is 0 Å². The number of benzene rings is 3. The first kappa shape index (κ1) is 45.8. The first-order valence-electron chi connectivity index (χ1n) is 21.2. The number of H-pyrrole nitrogens is 3. The van der Waals surface area contributed by atoms with Gasteiger partial charge < -0.3 is 44.0 Å². The molecule has 20 heteroatoms. The van der Waals surface area contributed by atoms with E-state index in [4.69, 9.17) is 26.5 Å². The van der Waals surface area contributed by atoms with Crippen molar-refractivity contribution in [3.8, 4) is 23.0 Å². The molecule has 3 aliphatic rings. The lowest BCUT2D eigenvalue weighted by molar-refractivity contribution is -0.109. The molecule has 0 bridgehead atoms. The zero-order valence-corrected chi connectivity index (χ0v) is 38.9. The quantitative estimate of drug-likeness (QED) is 0.0265. The minimum Gasteiger partial charge on any atom is -0.478 e. The van der Waals surface area contributed by atoms with E-state index < -0.39 is 5.97 Å². The number of carboxylic acids is 1. The maximum atomic E-state index is 11.8. The number of esters is 2. The summed E-state index contributed by atoms with van der Waals surface area (Å²) in [6, 6.07) is 16.3. The number of nitrogens with two attached hydrogens (primary N) is 1. The molecule has 3 aliphatic heterocycles. The second-order valence-electron chi connectivity index (χ2n) is 18.4. The number of aromatic nitrogens is 9. The van der Waals surface area contributed by atoms with E-state index in [0.29, 0.717) is 23.1 Å². The number of thiocarbonyl (C=S) groups is 1. The van der Waals surface area contributed by atoms with Crippen molar-refractivity contribution in [2.75, 3.05) is 20.8 Å². The predicted molar refractivity (Wildman–Crippen MR) is 255 cm³/mol. The molecule has 0 aliphatic carbocycles. The molecular formula is C47H50N12O7S. The number of ether oxygens (including phenoxy) is 2. The summed E-state index contributed by atoms with van der Waals surface area (Å²) in [4.78, 5) is 54.5. The van der Waals surface area contributed by atoms with Crippen molar-refractivity contribution in [3.05, 3.63) is 106 Å². The Morgan fingerprint density at radius 2 is 1.07 bits per heavy atom. The van der Waals surface area contributed by atoms with Crippen LogP contribution in [0.25, 0.3) is 55.7 Å². The number of carboxylic acid groups (broad SMARTS) is 1. The van der Waals surface area contributed by atoms with Crippen molar-refractivity contribution in [1.29, 1.82) is 0 Å². The highest BCUT2D eigenvalue weighted by Crippen LogP contribution is 2.45. The fraction of sp³-hybridized carbons (Fsp3) is 0.298. The predicted octanol–water partition coefficient (Wildman–Crippen LogP) is 6.04. The number of rotatable bonds is 4. The molecule has 67 heavy (non-hydrogen) atoms. The summed E-state index contributed by atoms with van der Waals surface area (Å²) in [5.74, 6) is 4.49. The second-order valence-corrected chi connectivity index (χ2v) is 18.8. The van der Waals surface area contributed by atoms with Crippen LogP contribution in [0.1, 0.15) is 95.0 Å². The maximum absolute atomic E-state index is 11.8. The van der Waals surface area contributed by atoms with Crippen molar-refractivity contribution in [2.45, 2.75) is 70.9 Å². The van der Waals surface area contributed by atoms with Crippen LogP contribution in [0.4, 0.5) is 0 Å². The Labute approximate surface area is 388 Å². The van der Waals surface area contributed by atoms with Gasteiger partial charge in [0.2, 0.25) is 6.41 Å². The number of carbonyl (C=O) groups excluding carboxylic acids is 3. The Morgan fingerprint density at radius 3 is 1.48 bits per heavy atom. The van der Waals surface area contributed by atoms with Gasteiger partial charge in [-0.25, -0.2) is 20.2 Å². The Balaban J connectivity index is 0.000000131. The molecule has 11 rings (SSSR count). The highest BCUT2D eigenvalue weighted by molar-refractivity contribution is 7.80. The van der Waals surface area contributed by atoms with Gasteiger partial charge in [0.1, 0.15) is 17.6 Å². The van der Waals surface area contributed by atoms with E-state index >= 15 is 0 Å². The molecule has 346 valence electrons. The third kappa shape index (κ3) is 8.18. The largest absolute Gasteiger partial charge is 0.478 e. The molecule has 1 amide bonds. The van der Waals surface area contributed by atoms with E-state index in [0.717, 1.165) is 91.6 Å². The number of nitrogens with one attached hydrogen (secondary N) is 5. The molecule has 19 nitrogen and oxygen atoms in total. The van der Waals surface area contributed by atoms with Crippen LogP contribution >= 0.6 is 12.2 Å². The molecule has 8 heterocycles. The number of aromatic amines is 3. The summed E-state index contributed by atoms with van der Waals surface area (Å²) in [5.41, 5.74) is 12.1. The average molecular weight is 927 g/mol. The van der Waals surface area contributed by atoms with Gasteiger partial charge in [0.05, 0.1) is 48.0 Å². The highest BCUT2D eigenvalue weighted by atomic mass is 32.1. The number of nitrogens with zero attached hydrogens (tertiary/aromatic N) is 6. The number of carbonyl (C=O) groups is 4. The molecule has 0 saturated carbocycles. The van der Waals surface area contributed by atoms with Crippen LogP contribution in [-0.4, -0.2) is 99.7 Å². The lowest BCUT2D eigenvalue weighted by atomic mass is 9.80. The number of amides is 1. The van der Waals surface area contributed by atoms with E-state index in [1.165, 1.54) is 25.3 Å². The van der Waals surface area contributed by atoms with Crippen LogP contribution in [0, 0.1) is 0 Å². The number of fused-ring (bicyclic) bond motifs is 13. The fourth-order valence-electron chi connectivity index (χ4n) is 9.43. The van der Waals surface area contributed by atoms with Crippen molar-refractivity contribution in [1.82, 2.24) is 55.2 Å². The van der Waals surface area contributed by atoms with Crippen LogP contribution in [0.3, 0.4) is 0 Å². The van der Waals surface area contributed by atoms with Gasteiger partial charge in [0.25, 0.3) is 0 Å². The van der Waals surface area contributed by atoms with E-state index in [-0.39, 0.29) is 28.2 Å². The number of aromatic carboxylic acids is 1. The molecule has 5 aromatic heterocycles. The van der Waals surface area contributed by atoms with Gasteiger partial charge in [0.15, 0.2) is 11.6 Å². The Hall–Kier alpha value is -7.71. The molecule has 3 aromatic carbocycles. The summed E-state index contributed by atoms with van der Waals surface area (Å²) >= 11 is 5.38. The monoisotopic (exact) mass is 926 g/mol. The molecule has 0 atom stereocenters. The molecule has 0 unspecified atom stereocenters. The molecule has 0 fully saturated rings. The molecule has 0 saturated heterocycles. The lowest BCUT2D eigenvalue weighted by Gasteiger charge is -2.31. The van der Waals surface area contributed by atoms with E-state index in [9.17, 15) is 19.5 Å². The highest BCUT2D eigenvalue weighted by Gasteiger charge is 2.38. The van der Waals surface area contributed by atoms with Gasteiger partial charge in [-0.3, -0.25) is 10.2 Å². The average Bonchev–Trinajstić information content (AvgIpc) is 4.15. The van der Waals surface area contributed by atoms with Gasteiger partial charge in [-0.05, 0) is 71.3 Å². The summed E-state index contributed by atoms with van der Waals surface area (Å²) in [5, 5.41) is 31.9. The summed E-state index contributed by atoms with van der Waals surface area (Å²) in [6.45, 7) is 15.4. The Morgan fingerprint density at radius 1 is 0.687 bits per heavy atom. The molecular weight excluding hydrogens is 877 g/mol. The second kappa shape index (κ2) is 17.3. The molecule has 0 spiro atoms. The Kier molecular flexibility index (Phi) is 11.8. The zero-order chi connectivity index (χ0) is 48.2. The van der Waals surface area contributed by atoms with Gasteiger partial charge >= 0.3 is 17.9 Å². The summed E-state index contributed by atoms with van der Waals surface area (Å²) in [7, 11) is 2.79. The van der Waals surface area contributed by atoms with Crippen molar-refractivity contribution < 1.29 is 33.8 Å². The minimum absolute atomic E-state index is 0.0510. The Bertz CT molecular complexity index is 3280. The van der Waals surface area contributed by atoms with Gasteiger partial charge in [-0.1, -0.05) is 53.8 Å². The fourth-order valence-corrected chi connectivity index (χ4v) is 9.65. The van der Waals surface area contributed by atoms with Crippen LogP contribution in [-0.2, 0) is 43.6 Å². The van der Waals surface area contributed by atoms with E-state index in [1.54, 1.807) is 42.3 Å². The van der Waals surface area contributed by atoms with Crippen molar-refractivity contribution >= 4 is 74.2 Å². The van der Waals surface area contributed by atoms with Crippen LogP contribution in [0.2, 0.25) is 0 Å². The topological polar surface area (TPSA) is 266 Å². The first-order valence-corrected chi connectivity index (χ1v) is 21.6. The van der Waals surface area contributed by atoms with Gasteiger partial charge in [0, 0.05) is 68.6 Å². The van der Waals surface area contributed by atoms with Gasteiger partial charge in [-0.2, -0.15) is 0 Å². The minimum atomic E-state index is -0.913. The summed E-state index contributed by atoms with van der Waals surface area (Å²) < 4.78 is 13.7. The third-order valence-electron chi connectivity index (χ3n) is 12.3. The molecule has 8 N–H and O–H groups in total. The first-order chi connectivity index (χ1) is 31.8. The van der Waals surface area contributed by atoms with Crippen molar-refractivity contribution in [2.24, 2.45) is 5.84 Å². The lowest BCUT2D eigenvalue weighted by Crippen LogP contribution is -2.42. The van der Waals surface area contributed by atoms with E-state index in [1.807, 2.05) is 34.9 Å². The van der Waals surface area contributed by atoms with E-state index in [2.05, 4.69) is 92.6 Å². The van der Waals surface area contributed by atoms with Crippen LogP contribution in [0.15, 0.2) is 67.3 Å².